The highest BCUT2D eigenvalue weighted by Crippen LogP contribution is 2.36. The van der Waals surface area contributed by atoms with Gasteiger partial charge in [0.05, 0.1) is 21.8 Å². The lowest BCUT2D eigenvalue weighted by Gasteiger charge is -2.11. The molecule has 0 atom stereocenters. The van der Waals surface area contributed by atoms with Crippen LogP contribution in [-0.2, 0) is 6.18 Å². The second-order valence-electron chi connectivity index (χ2n) is 3.59. The van der Waals surface area contributed by atoms with E-state index in [4.69, 9.17) is 33.3 Å². The molecular formula is C11H6ClF3N6. The maximum absolute atomic E-state index is 12.6. The van der Waals surface area contributed by atoms with Gasteiger partial charge in [0.1, 0.15) is 12.1 Å². The third-order valence-corrected chi connectivity index (χ3v) is 2.48. The molecular weight excluding hydrogens is 309 g/mol. The molecule has 0 aliphatic carbocycles. The minimum absolute atomic E-state index is 0.221. The number of hydrazone groups is 1. The normalized spacial score (nSPS) is 11.4. The standard InChI is InChI=1S/C11H6ClF3N6/c12-7-2-6(11(13,14)15)1-5(3-16)9(7)21-20-8(4-17)10(18)19/h1-2,21H,(H3,18,19)/b20-8+. The second kappa shape index (κ2) is 6.11. The van der Waals surface area contributed by atoms with E-state index in [1.165, 1.54) is 12.1 Å². The lowest BCUT2D eigenvalue weighted by atomic mass is 10.1. The van der Waals surface area contributed by atoms with E-state index in [1.54, 1.807) is 0 Å². The summed E-state index contributed by atoms with van der Waals surface area (Å²) in [5.41, 5.74) is 4.98. The summed E-state index contributed by atoms with van der Waals surface area (Å²) in [6.45, 7) is 0. The number of nitrogens with two attached hydrogens (primary N) is 1. The van der Waals surface area contributed by atoms with Gasteiger partial charge in [-0.2, -0.15) is 28.8 Å². The molecule has 4 N–H and O–H groups in total. The molecule has 0 fully saturated rings. The van der Waals surface area contributed by atoms with Gasteiger partial charge in [0, 0.05) is 0 Å². The predicted octanol–water partition coefficient (Wildman–Crippen LogP) is 2.46. The summed E-state index contributed by atoms with van der Waals surface area (Å²) >= 11 is 5.67. The smallest absolute Gasteiger partial charge is 0.382 e. The summed E-state index contributed by atoms with van der Waals surface area (Å²) < 4.78 is 37.8. The molecule has 0 saturated carbocycles. The van der Waals surface area contributed by atoms with Crippen LogP contribution in [0.25, 0.3) is 0 Å². The summed E-state index contributed by atoms with van der Waals surface area (Å²) in [5.74, 6) is -0.647. The number of anilines is 1. The molecule has 21 heavy (non-hydrogen) atoms. The number of amidine groups is 1. The molecule has 0 aliphatic heterocycles. The number of halogens is 4. The molecule has 108 valence electrons. The highest BCUT2D eigenvalue weighted by Gasteiger charge is 2.32. The van der Waals surface area contributed by atoms with Crippen LogP contribution in [0, 0.1) is 28.1 Å². The number of alkyl halides is 3. The Kier molecular flexibility index (Phi) is 4.74. The zero-order valence-electron chi connectivity index (χ0n) is 10.1. The predicted molar refractivity (Wildman–Crippen MR) is 69.8 cm³/mol. The van der Waals surface area contributed by atoms with Crippen LogP contribution in [0.2, 0.25) is 5.02 Å². The molecule has 1 aromatic carbocycles. The van der Waals surface area contributed by atoms with Crippen LogP contribution >= 0.6 is 11.6 Å². The van der Waals surface area contributed by atoms with Crippen LogP contribution in [0.4, 0.5) is 18.9 Å². The van der Waals surface area contributed by atoms with Crippen LogP contribution in [0.5, 0.6) is 0 Å². The summed E-state index contributed by atoms with van der Waals surface area (Å²) in [5, 5.41) is 27.5. The van der Waals surface area contributed by atoms with Crippen molar-refractivity contribution in [1.29, 1.82) is 15.9 Å². The van der Waals surface area contributed by atoms with Gasteiger partial charge in [-0.3, -0.25) is 10.8 Å². The average molecular weight is 315 g/mol. The van der Waals surface area contributed by atoms with Gasteiger partial charge in [0.25, 0.3) is 0 Å². The van der Waals surface area contributed by atoms with Crippen LogP contribution in [-0.4, -0.2) is 11.5 Å². The van der Waals surface area contributed by atoms with E-state index in [1.807, 2.05) is 0 Å². The summed E-state index contributed by atoms with van der Waals surface area (Å²) in [7, 11) is 0. The molecule has 0 unspecified atom stereocenters. The van der Waals surface area contributed by atoms with E-state index < -0.39 is 33.9 Å². The zero-order valence-corrected chi connectivity index (χ0v) is 10.8. The fourth-order valence-electron chi connectivity index (χ4n) is 1.23. The van der Waals surface area contributed by atoms with Gasteiger partial charge in [-0.05, 0) is 12.1 Å². The number of nitrogens with one attached hydrogen (secondary N) is 2. The fourth-order valence-corrected chi connectivity index (χ4v) is 1.49. The Balaban J connectivity index is 3.31. The quantitative estimate of drug-likeness (QED) is 0.450. The maximum Gasteiger partial charge on any atom is 0.416 e. The number of nitriles is 2. The van der Waals surface area contributed by atoms with E-state index >= 15 is 0 Å². The molecule has 1 rings (SSSR count). The van der Waals surface area contributed by atoms with E-state index in [0.717, 1.165) is 0 Å². The van der Waals surface area contributed by atoms with Crippen LogP contribution in [0.15, 0.2) is 17.2 Å². The van der Waals surface area contributed by atoms with Crippen molar-refractivity contribution in [2.24, 2.45) is 10.8 Å². The third kappa shape index (κ3) is 3.84. The first kappa shape index (κ1) is 16.3. The molecule has 6 nitrogen and oxygen atoms in total. The van der Waals surface area contributed by atoms with Gasteiger partial charge in [0.2, 0.25) is 5.71 Å². The maximum atomic E-state index is 12.6. The number of hydrogen-bond donors (Lipinski definition) is 3. The average Bonchev–Trinajstić information content (AvgIpc) is 2.38. The Bertz CT molecular complexity index is 696. The zero-order chi connectivity index (χ0) is 16.2. The van der Waals surface area contributed by atoms with E-state index in [-0.39, 0.29) is 5.69 Å². The topological polar surface area (TPSA) is 122 Å². The van der Waals surface area contributed by atoms with Gasteiger partial charge in [-0.15, -0.1) is 0 Å². The van der Waals surface area contributed by atoms with Crippen molar-refractivity contribution in [2.75, 3.05) is 5.43 Å². The van der Waals surface area contributed by atoms with Crippen LogP contribution in [0.3, 0.4) is 0 Å². The Morgan fingerprint density at radius 3 is 2.43 bits per heavy atom. The lowest BCUT2D eigenvalue weighted by Crippen LogP contribution is -2.22. The van der Waals surface area contributed by atoms with Gasteiger partial charge in [-0.1, -0.05) is 11.6 Å². The molecule has 0 saturated heterocycles. The third-order valence-electron chi connectivity index (χ3n) is 2.18. The van der Waals surface area contributed by atoms with Gasteiger partial charge < -0.3 is 5.73 Å². The van der Waals surface area contributed by atoms with Gasteiger partial charge >= 0.3 is 6.18 Å². The Morgan fingerprint density at radius 1 is 1.38 bits per heavy atom. The first-order valence-corrected chi connectivity index (χ1v) is 5.47. The van der Waals surface area contributed by atoms with Crippen LogP contribution in [0.1, 0.15) is 11.1 Å². The number of nitrogens with zero attached hydrogens (tertiary/aromatic N) is 3. The van der Waals surface area contributed by atoms with Crippen molar-refractivity contribution in [1.82, 2.24) is 0 Å². The lowest BCUT2D eigenvalue weighted by molar-refractivity contribution is -0.137. The highest BCUT2D eigenvalue weighted by atomic mass is 35.5. The molecule has 0 heterocycles. The van der Waals surface area contributed by atoms with Gasteiger partial charge in [-0.25, -0.2) is 0 Å². The first-order valence-electron chi connectivity index (χ1n) is 5.09. The van der Waals surface area contributed by atoms with Crippen molar-refractivity contribution in [3.8, 4) is 12.1 Å². The molecule has 10 heteroatoms. The van der Waals surface area contributed by atoms with Crippen molar-refractivity contribution < 1.29 is 13.2 Å². The Morgan fingerprint density at radius 2 is 2.00 bits per heavy atom. The monoisotopic (exact) mass is 314 g/mol. The van der Waals surface area contributed by atoms with E-state index in [0.29, 0.717) is 12.1 Å². The van der Waals surface area contributed by atoms with Crippen molar-refractivity contribution in [2.45, 2.75) is 6.18 Å². The molecule has 0 amide bonds. The molecule has 0 radical (unpaired) electrons. The van der Waals surface area contributed by atoms with Crippen molar-refractivity contribution in [3.63, 3.8) is 0 Å². The molecule has 0 aliphatic rings. The number of rotatable bonds is 3. The molecule has 0 spiro atoms. The minimum Gasteiger partial charge on any atom is -0.382 e. The first-order chi connectivity index (χ1) is 9.70. The van der Waals surface area contributed by atoms with Gasteiger partial charge in [0.15, 0.2) is 5.84 Å². The van der Waals surface area contributed by atoms with Crippen molar-refractivity contribution in [3.05, 3.63) is 28.3 Å². The second-order valence-corrected chi connectivity index (χ2v) is 4.00. The fraction of sp³-hybridized carbons (Fsp3) is 0.0909. The highest BCUT2D eigenvalue weighted by molar-refractivity contribution is 6.46. The summed E-state index contributed by atoms with van der Waals surface area (Å²) in [4.78, 5) is 0. The Hall–Kier alpha value is -2.78. The van der Waals surface area contributed by atoms with Crippen molar-refractivity contribution >= 4 is 28.8 Å². The largest absolute Gasteiger partial charge is 0.416 e. The molecule has 1 aromatic rings. The SMILES string of the molecule is N#C/C(=N\Nc1c(Cl)cc(C(F)(F)F)cc1C#N)C(=N)N. The minimum atomic E-state index is -4.66. The number of hydrogen-bond acceptors (Lipinski definition) is 5. The summed E-state index contributed by atoms with van der Waals surface area (Å²) in [6.07, 6.45) is -4.66. The van der Waals surface area contributed by atoms with E-state index in [2.05, 4.69) is 10.5 Å². The molecule has 0 bridgehead atoms. The Labute approximate surface area is 121 Å². The summed E-state index contributed by atoms with van der Waals surface area (Å²) in [6, 6.07) is 4.23. The molecule has 0 aromatic heterocycles. The van der Waals surface area contributed by atoms with E-state index in [9.17, 15) is 13.2 Å². The van der Waals surface area contributed by atoms with Crippen LogP contribution < -0.4 is 11.2 Å². The number of benzene rings is 1.